The normalized spacial score (nSPS) is 24.5. The van der Waals surface area contributed by atoms with E-state index < -0.39 is 15.4 Å². The Morgan fingerprint density at radius 1 is 1.32 bits per heavy atom. The summed E-state index contributed by atoms with van der Waals surface area (Å²) in [6, 6.07) is 0. The number of hydrogen-bond acceptors (Lipinski definition) is 4. The quantitative estimate of drug-likeness (QED) is 0.743. The Morgan fingerprint density at radius 3 is 2.47 bits per heavy atom. The summed E-state index contributed by atoms with van der Waals surface area (Å²) in [5.74, 6) is -0.169. The third-order valence-electron chi connectivity index (χ3n) is 3.54. The van der Waals surface area contributed by atoms with E-state index in [1.165, 1.54) is 4.90 Å². The van der Waals surface area contributed by atoms with Gasteiger partial charge in [0.15, 0.2) is 0 Å². The average Bonchev–Trinajstić information content (AvgIpc) is 2.35. The van der Waals surface area contributed by atoms with E-state index in [1.54, 1.807) is 13.8 Å². The molecule has 1 unspecified atom stereocenters. The molecule has 0 bridgehead atoms. The van der Waals surface area contributed by atoms with E-state index in [-0.39, 0.29) is 29.9 Å². The molecule has 0 saturated carbocycles. The van der Waals surface area contributed by atoms with Crippen molar-refractivity contribution in [1.82, 2.24) is 10.2 Å². The molecule has 0 aromatic rings. The van der Waals surface area contributed by atoms with Crippen molar-refractivity contribution < 1.29 is 18.0 Å². The van der Waals surface area contributed by atoms with E-state index in [0.29, 0.717) is 19.4 Å². The van der Waals surface area contributed by atoms with E-state index in [2.05, 4.69) is 5.32 Å². The molecule has 1 atom stereocenters. The predicted octanol–water partition coefficient (Wildman–Crippen LogP) is -0.0617. The largest absolute Gasteiger partial charge is 0.340 e. The van der Waals surface area contributed by atoms with Crippen LogP contribution < -0.4 is 5.32 Å². The Hall–Kier alpha value is -1.11. The summed E-state index contributed by atoms with van der Waals surface area (Å²) >= 11 is 0. The first kappa shape index (κ1) is 15.9. The molecule has 6 nitrogen and oxygen atoms in total. The fraction of sp³-hybridized carbons (Fsp3) is 0.833. The average molecular weight is 290 g/mol. The molecule has 2 amide bonds. The lowest BCUT2D eigenvalue weighted by Crippen LogP contribution is -2.65. The van der Waals surface area contributed by atoms with Crippen molar-refractivity contribution >= 4 is 21.7 Å². The van der Waals surface area contributed by atoms with Crippen molar-refractivity contribution in [3.8, 4) is 0 Å². The van der Waals surface area contributed by atoms with Gasteiger partial charge in [0.25, 0.3) is 0 Å². The zero-order valence-corrected chi connectivity index (χ0v) is 12.5. The number of hydrogen-bond donors (Lipinski definition) is 1. The molecular formula is C12H22N2O4S. The Labute approximate surface area is 114 Å². The SMILES string of the molecule is CCC1(C)NC(=O)CN(CCCS(=O)(=O)CC)C1=O. The molecule has 1 aliphatic rings. The van der Waals surface area contributed by atoms with Crippen molar-refractivity contribution in [3.05, 3.63) is 0 Å². The lowest BCUT2D eigenvalue weighted by molar-refractivity contribution is -0.149. The van der Waals surface area contributed by atoms with Crippen molar-refractivity contribution in [2.75, 3.05) is 24.6 Å². The maximum absolute atomic E-state index is 12.2. The summed E-state index contributed by atoms with van der Waals surface area (Å²) in [4.78, 5) is 25.2. The van der Waals surface area contributed by atoms with Crippen LogP contribution in [0, 0.1) is 0 Å². The molecule has 0 aromatic heterocycles. The van der Waals surface area contributed by atoms with Gasteiger partial charge < -0.3 is 10.2 Å². The lowest BCUT2D eigenvalue weighted by Gasteiger charge is -2.39. The number of carbonyl (C=O) groups excluding carboxylic acids is 2. The van der Waals surface area contributed by atoms with Crippen LogP contribution in [0.1, 0.15) is 33.6 Å². The highest BCUT2D eigenvalue weighted by Gasteiger charge is 2.41. The van der Waals surface area contributed by atoms with Crippen molar-refractivity contribution in [2.45, 2.75) is 39.2 Å². The Morgan fingerprint density at radius 2 is 1.95 bits per heavy atom. The minimum Gasteiger partial charge on any atom is -0.340 e. The van der Waals surface area contributed by atoms with E-state index in [4.69, 9.17) is 0 Å². The summed E-state index contributed by atoms with van der Waals surface area (Å²) in [6.45, 7) is 5.45. The number of nitrogens with zero attached hydrogens (tertiary/aromatic N) is 1. The smallest absolute Gasteiger partial charge is 0.248 e. The van der Waals surface area contributed by atoms with Crippen molar-refractivity contribution in [2.24, 2.45) is 0 Å². The van der Waals surface area contributed by atoms with Gasteiger partial charge in [0.1, 0.15) is 15.4 Å². The minimum absolute atomic E-state index is 0.0145. The summed E-state index contributed by atoms with van der Waals surface area (Å²) in [7, 11) is -3.02. The number of sulfone groups is 1. The Kier molecular flexibility index (Phi) is 4.95. The Bertz CT molecular complexity index is 460. The first-order valence-electron chi connectivity index (χ1n) is 6.55. The van der Waals surface area contributed by atoms with Gasteiger partial charge in [0.2, 0.25) is 11.8 Å². The van der Waals surface area contributed by atoms with Crippen LogP contribution in [0.5, 0.6) is 0 Å². The predicted molar refractivity (Wildman–Crippen MR) is 72.4 cm³/mol. The number of piperazine rings is 1. The fourth-order valence-corrected chi connectivity index (χ4v) is 2.89. The summed E-state index contributed by atoms with van der Waals surface area (Å²) < 4.78 is 22.8. The molecule has 7 heteroatoms. The molecule has 0 aromatic carbocycles. The van der Waals surface area contributed by atoms with Crippen LogP contribution in [-0.2, 0) is 19.4 Å². The topological polar surface area (TPSA) is 83.6 Å². The van der Waals surface area contributed by atoms with E-state index in [1.807, 2.05) is 6.92 Å². The van der Waals surface area contributed by atoms with Gasteiger partial charge in [-0.1, -0.05) is 13.8 Å². The second-order valence-electron chi connectivity index (χ2n) is 5.05. The molecule has 1 N–H and O–H groups in total. The van der Waals surface area contributed by atoms with Crippen LogP contribution in [0.15, 0.2) is 0 Å². The van der Waals surface area contributed by atoms with Crippen LogP contribution >= 0.6 is 0 Å². The first-order chi connectivity index (χ1) is 8.74. The van der Waals surface area contributed by atoms with Crippen LogP contribution in [0.25, 0.3) is 0 Å². The number of rotatable bonds is 6. The first-order valence-corrected chi connectivity index (χ1v) is 8.37. The molecule has 1 heterocycles. The zero-order valence-electron chi connectivity index (χ0n) is 11.7. The van der Waals surface area contributed by atoms with Crippen LogP contribution in [0.2, 0.25) is 0 Å². The van der Waals surface area contributed by atoms with Gasteiger partial charge in [-0.15, -0.1) is 0 Å². The highest BCUT2D eigenvalue weighted by Crippen LogP contribution is 2.17. The van der Waals surface area contributed by atoms with Crippen LogP contribution in [-0.4, -0.2) is 55.3 Å². The van der Waals surface area contributed by atoms with Crippen LogP contribution in [0.4, 0.5) is 0 Å². The molecule has 1 aliphatic heterocycles. The summed E-state index contributed by atoms with van der Waals surface area (Å²) in [5.41, 5.74) is -0.862. The molecule has 1 rings (SSSR count). The third-order valence-corrected chi connectivity index (χ3v) is 5.33. The van der Waals surface area contributed by atoms with E-state index in [0.717, 1.165) is 0 Å². The van der Waals surface area contributed by atoms with E-state index in [9.17, 15) is 18.0 Å². The van der Waals surface area contributed by atoms with Crippen molar-refractivity contribution in [1.29, 1.82) is 0 Å². The lowest BCUT2D eigenvalue weighted by atomic mass is 9.94. The zero-order chi connectivity index (χ0) is 14.7. The summed E-state index contributed by atoms with van der Waals surface area (Å²) in [6.07, 6.45) is 0.885. The molecular weight excluding hydrogens is 268 g/mol. The highest BCUT2D eigenvalue weighted by molar-refractivity contribution is 7.91. The number of nitrogens with one attached hydrogen (secondary N) is 1. The maximum atomic E-state index is 12.2. The number of amides is 2. The van der Waals surface area contributed by atoms with Gasteiger partial charge in [-0.25, -0.2) is 8.42 Å². The third kappa shape index (κ3) is 3.92. The molecule has 1 saturated heterocycles. The van der Waals surface area contributed by atoms with Gasteiger partial charge in [-0.2, -0.15) is 0 Å². The summed E-state index contributed by atoms with van der Waals surface area (Å²) in [5, 5.41) is 2.69. The molecule has 0 spiro atoms. The molecule has 110 valence electrons. The maximum Gasteiger partial charge on any atom is 0.248 e. The Balaban J connectivity index is 2.63. The van der Waals surface area contributed by atoms with Gasteiger partial charge in [-0.3, -0.25) is 9.59 Å². The van der Waals surface area contributed by atoms with Gasteiger partial charge in [0.05, 0.1) is 12.3 Å². The second kappa shape index (κ2) is 5.90. The number of carbonyl (C=O) groups is 2. The van der Waals surface area contributed by atoms with Gasteiger partial charge >= 0.3 is 0 Å². The van der Waals surface area contributed by atoms with Gasteiger partial charge in [0, 0.05) is 12.3 Å². The molecule has 19 heavy (non-hydrogen) atoms. The monoisotopic (exact) mass is 290 g/mol. The van der Waals surface area contributed by atoms with Crippen molar-refractivity contribution in [3.63, 3.8) is 0 Å². The van der Waals surface area contributed by atoms with Crippen LogP contribution in [0.3, 0.4) is 0 Å². The molecule has 1 fully saturated rings. The van der Waals surface area contributed by atoms with Gasteiger partial charge in [-0.05, 0) is 19.8 Å². The fourth-order valence-electron chi connectivity index (χ4n) is 2.03. The standard InChI is InChI=1S/C12H22N2O4S/c1-4-12(3)11(16)14(9-10(15)13-12)7-6-8-19(17,18)5-2/h4-9H2,1-3H3,(H,13,15). The minimum atomic E-state index is -3.02. The highest BCUT2D eigenvalue weighted by atomic mass is 32.2. The molecule has 0 radical (unpaired) electrons. The van der Waals surface area contributed by atoms with E-state index >= 15 is 0 Å². The molecule has 0 aliphatic carbocycles. The second-order valence-corrected chi connectivity index (χ2v) is 7.52.